The van der Waals surface area contributed by atoms with Crippen LogP contribution >= 0.6 is 0 Å². The topological polar surface area (TPSA) is 20.3 Å². The predicted octanol–water partition coefficient (Wildman–Crippen LogP) is 2.72. The minimum atomic E-state index is 0.312. The van der Waals surface area contributed by atoms with Gasteiger partial charge in [0.25, 0.3) is 0 Å². The summed E-state index contributed by atoms with van der Waals surface area (Å²) in [5, 5.41) is 0. The highest BCUT2D eigenvalue weighted by Gasteiger charge is 2.39. The van der Waals surface area contributed by atoms with Crippen LogP contribution in [-0.4, -0.2) is 30.3 Å². The number of carbonyl (C=O) groups is 1. The van der Waals surface area contributed by atoms with Gasteiger partial charge in [-0.05, 0) is 57.9 Å². The fraction of sp³-hybridized carbons (Fsp3) is 0.929. The average Bonchev–Trinajstić information content (AvgIpc) is 2.77. The van der Waals surface area contributed by atoms with Crippen LogP contribution in [0.5, 0.6) is 0 Å². The average molecular weight is 223 g/mol. The van der Waals surface area contributed by atoms with Gasteiger partial charge in [0.15, 0.2) is 0 Å². The standard InChI is InChI=1S/C14H25NO/c1-10(6-11(2)16)15(3)9-14-8-12-4-5-13(14)7-12/h10,12-14H,4-9H2,1-3H3. The number of rotatable bonds is 5. The molecule has 0 heterocycles. The Morgan fingerprint density at radius 3 is 2.62 bits per heavy atom. The van der Waals surface area contributed by atoms with Gasteiger partial charge in [0.1, 0.15) is 5.78 Å². The van der Waals surface area contributed by atoms with Gasteiger partial charge in [0, 0.05) is 19.0 Å². The highest BCUT2D eigenvalue weighted by molar-refractivity contribution is 5.76. The molecule has 2 aliphatic rings. The normalized spacial score (nSPS) is 34.6. The Morgan fingerprint density at radius 1 is 1.38 bits per heavy atom. The number of nitrogens with zero attached hydrogens (tertiary/aromatic N) is 1. The van der Waals surface area contributed by atoms with Crippen LogP contribution in [0.4, 0.5) is 0 Å². The quantitative estimate of drug-likeness (QED) is 0.714. The number of carbonyl (C=O) groups excluding carboxylic acids is 1. The molecule has 0 aromatic heterocycles. The van der Waals surface area contributed by atoms with Gasteiger partial charge in [-0.1, -0.05) is 6.42 Å². The van der Waals surface area contributed by atoms with E-state index in [2.05, 4.69) is 18.9 Å². The molecule has 2 fully saturated rings. The number of hydrogen-bond acceptors (Lipinski definition) is 2. The van der Waals surface area contributed by atoms with Crippen LogP contribution in [0.25, 0.3) is 0 Å². The van der Waals surface area contributed by atoms with Gasteiger partial charge in [-0.3, -0.25) is 4.79 Å². The summed E-state index contributed by atoms with van der Waals surface area (Å²) in [4.78, 5) is 13.5. The molecule has 92 valence electrons. The molecule has 16 heavy (non-hydrogen) atoms. The summed E-state index contributed by atoms with van der Waals surface area (Å²) in [5.74, 6) is 3.26. The molecule has 0 N–H and O–H groups in total. The van der Waals surface area contributed by atoms with Crippen molar-refractivity contribution in [1.82, 2.24) is 4.90 Å². The van der Waals surface area contributed by atoms with E-state index in [9.17, 15) is 4.79 Å². The maximum Gasteiger partial charge on any atom is 0.131 e. The highest BCUT2D eigenvalue weighted by atomic mass is 16.1. The Morgan fingerprint density at radius 2 is 2.12 bits per heavy atom. The van der Waals surface area contributed by atoms with Crippen molar-refractivity contribution < 1.29 is 4.79 Å². The molecule has 0 amide bonds. The van der Waals surface area contributed by atoms with Gasteiger partial charge in [0.2, 0.25) is 0 Å². The first-order chi connectivity index (χ1) is 7.56. The molecule has 2 bridgehead atoms. The summed E-state index contributed by atoms with van der Waals surface area (Å²) >= 11 is 0. The second-order valence-electron chi connectivity index (χ2n) is 6.13. The Hall–Kier alpha value is -0.370. The van der Waals surface area contributed by atoms with Crippen molar-refractivity contribution in [3.05, 3.63) is 0 Å². The molecule has 0 saturated heterocycles. The summed E-state index contributed by atoms with van der Waals surface area (Å²) in [6.45, 7) is 5.08. The van der Waals surface area contributed by atoms with Gasteiger partial charge in [-0.15, -0.1) is 0 Å². The fourth-order valence-corrected chi connectivity index (χ4v) is 3.72. The van der Waals surface area contributed by atoms with Crippen molar-refractivity contribution in [2.45, 2.75) is 52.0 Å². The lowest BCUT2D eigenvalue weighted by molar-refractivity contribution is -0.118. The molecule has 2 nitrogen and oxygen atoms in total. The Balaban J connectivity index is 1.78. The largest absolute Gasteiger partial charge is 0.303 e. The molecule has 0 aromatic carbocycles. The van der Waals surface area contributed by atoms with Crippen molar-refractivity contribution in [3.8, 4) is 0 Å². The zero-order valence-electron chi connectivity index (χ0n) is 10.9. The van der Waals surface area contributed by atoms with E-state index in [0.717, 1.165) is 17.8 Å². The van der Waals surface area contributed by atoms with Gasteiger partial charge in [-0.25, -0.2) is 0 Å². The first-order valence-corrected chi connectivity index (χ1v) is 6.76. The molecule has 4 atom stereocenters. The third-order valence-corrected chi connectivity index (χ3v) is 4.74. The highest BCUT2D eigenvalue weighted by Crippen LogP contribution is 2.48. The third-order valence-electron chi connectivity index (χ3n) is 4.74. The number of fused-ring (bicyclic) bond motifs is 2. The molecular weight excluding hydrogens is 198 g/mol. The van der Waals surface area contributed by atoms with Crippen LogP contribution < -0.4 is 0 Å². The molecule has 2 saturated carbocycles. The maximum atomic E-state index is 11.1. The number of hydrogen-bond donors (Lipinski definition) is 0. The van der Waals surface area contributed by atoms with E-state index in [1.807, 2.05) is 0 Å². The predicted molar refractivity (Wildman–Crippen MR) is 66.3 cm³/mol. The molecule has 0 radical (unpaired) electrons. The first-order valence-electron chi connectivity index (χ1n) is 6.76. The molecule has 2 aliphatic carbocycles. The van der Waals surface area contributed by atoms with Crippen LogP contribution in [0, 0.1) is 17.8 Å². The minimum Gasteiger partial charge on any atom is -0.303 e. The van der Waals surface area contributed by atoms with Gasteiger partial charge in [-0.2, -0.15) is 0 Å². The molecule has 2 rings (SSSR count). The summed E-state index contributed by atoms with van der Waals surface area (Å²) < 4.78 is 0. The second-order valence-corrected chi connectivity index (χ2v) is 6.13. The van der Waals surface area contributed by atoms with E-state index in [1.54, 1.807) is 6.92 Å². The molecule has 0 aromatic rings. The SMILES string of the molecule is CC(=O)CC(C)N(C)CC1CC2CCC1C2. The van der Waals surface area contributed by atoms with E-state index in [0.29, 0.717) is 18.2 Å². The minimum absolute atomic E-state index is 0.312. The number of ketones is 1. The van der Waals surface area contributed by atoms with Crippen molar-refractivity contribution in [1.29, 1.82) is 0 Å². The first kappa shape index (κ1) is 12.1. The van der Waals surface area contributed by atoms with Gasteiger partial charge in [0.05, 0.1) is 0 Å². The van der Waals surface area contributed by atoms with E-state index >= 15 is 0 Å². The van der Waals surface area contributed by atoms with Crippen LogP contribution in [-0.2, 0) is 4.79 Å². The third kappa shape index (κ3) is 2.65. The lowest BCUT2D eigenvalue weighted by Crippen LogP contribution is -2.36. The Kier molecular flexibility index (Phi) is 3.68. The van der Waals surface area contributed by atoms with E-state index in [-0.39, 0.29) is 0 Å². The summed E-state index contributed by atoms with van der Waals surface area (Å²) in [6, 6.07) is 0.414. The summed E-state index contributed by atoms with van der Waals surface area (Å²) in [6.07, 6.45) is 6.58. The van der Waals surface area contributed by atoms with Crippen molar-refractivity contribution in [2.75, 3.05) is 13.6 Å². The molecule has 2 heteroatoms. The molecule has 4 unspecified atom stereocenters. The Bertz CT molecular complexity index is 263. The van der Waals surface area contributed by atoms with Crippen molar-refractivity contribution >= 4 is 5.78 Å². The monoisotopic (exact) mass is 223 g/mol. The second kappa shape index (κ2) is 4.87. The molecular formula is C14H25NO. The lowest BCUT2D eigenvalue weighted by Gasteiger charge is -2.30. The maximum absolute atomic E-state index is 11.1. The smallest absolute Gasteiger partial charge is 0.131 e. The Labute approximate surface area is 99.4 Å². The van der Waals surface area contributed by atoms with E-state index in [4.69, 9.17) is 0 Å². The molecule has 0 aliphatic heterocycles. The summed E-state index contributed by atoms with van der Waals surface area (Å²) in [7, 11) is 2.18. The lowest BCUT2D eigenvalue weighted by atomic mass is 9.88. The van der Waals surface area contributed by atoms with E-state index < -0.39 is 0 Å². The van der Waals surface area contributed by atoms with Gasteiger partial charge < -0.3 is 4.90 Å². The zero-order valence-corrected chi connectivity index (χ0v) is 10.9. The van der Waals surface area contributed by atoms with Crippen LogP contribution in [0.3, 0.4) is 0 Å². The van der Waals surface area contributed by atoms with Crippen molar-refractivity contribution in [2.24, 2.45) is 17.8 Å². The van der Waals surface area contributed by atoms with Crippen molar-refractivity contribution in [3.63, 3.8) is 0 Å². The van der Waals surface area contributed by atoms with Crippen LogP contribution in [0.1, 0.15) is 46.0 Å². The van der Waals surface area contributed by atoms with E-state index in [1.165, 1.54) is 32.2 Å². The van der Waals surface area contributed by atoms with Gasteiger partial charge >= 0.3 is 0 Å². The van der Waals surface area contributed by atoms with Crippen LogP contribution in [0.15, 0.2) is 0 Å². The number of Topliss-reactive ketones (excluding diaryl/α,β-unsaturated/α-hetero) is 1. The zero-order chi connectivity index (χ0) is 11.7. The summed E-state index contributed by atoms with van der Waals surface area (Å²) in [5.41, 5.74) is 0. The van der Waals surface area contributed by atoms with Crippen LogP contribution in [0.2, 0.25) is 0 Å². The molecule has 0 spiro atoms. The fourth-order valence-electron chi connectivity index (χ4n) is 3.72.